The number of nitrogens with one attached hydrogen (secondary N) is 2. The average molecular weight is 490 g/mol. The van der Waals surface area contributed by atoms with Gasteiger partial charge in [-0.15, -0.1) is 11.3 Å². The molecule has 4 aromatic rings. The molecule has 2 aliphatic heterocycles. The highest BCUT2D eigenvalue weighted by atomic mass is 32.1. The van der Waals surface area contributed by atoms with E-state index in [0.717, 1.165) is 52.6 Å². The number of benzene rings is 1. The first-order valence-electron chi connectivity index (χ1n) is 11.9. The van der Waals surface area contributed by atoms with Crippen molar-refractivity contribution in [1.82, 2.24) is 25.0 Å². The number of aliphatic hydroxyl groups is 1. The van der Waals surface area contributed by atoms with Crippen LogP contribution in [0.3, 0.4) is 0 Å². The Morgan fingerprint density at radius 2 is 1.86 bits per heavy atom. The number of β-amino-alcohol motifs (C(OH)–C–C–N with tert-alkyl or cyclic N) is 1. The van der Waals surface area contributed by atoms with Crippen LogP contribution in [0.2, 0.25) is 0 Å². The highest BCUT2D eigenvalue weighted by Gasteiger charge is 2.37. The molecule has 6 rings (SSSR count). The fourth-order valence-electron chi connectivity index (χ4n) is 5.39. The van der Waals surface area contributed by atoms with Crippen molar-refractivity contribution in [3.05, 3.63) is 53.2 Å². The number of aromatic amines is 1. The lowest BCUT2D eigenvalue weighted by molar-refractivity contribution is -0.122. The molecule has 1 aromatic carbocycles. The van der Waals surface area contributed by atoms with Crippen LogP contribution in [0, 0.1) is 0 Å². The third-order valence-electron chi connectivity index (χ3n) is 6.85. The molecule has 9 heteroatoms. The Kier molecular flexibility index (Phi) is 5.17. The quantitative estimate of drug-likeness (QED) is 0.372. The Bertz CT molecular complexity index is 1490. The van der Waals surface area contributed by atoms with Gasteiger partial charge < -0.3 is 15.0 Å². The van der Waals surface area contributed by atoms with E-state index in [-0.39, 0.29) is 6.04 Å². The van der Waals surface area contributed by atoms with E-state index < -0.39 is 17.4 Å². The lowest BCUT2D eigenvalue weighted by Crippen LogP contribution is -2.43. The maximum Gasteiger partial charge on any atom is 0.261 e. The van der Waals surface area contributed by atoms with Crippen LogP contribution in [0.5, 0.6) is 0 Å². The summed E-state index contributed by atoms with van der Waals surface area (Å²) < 4.78 is 2.98. The molecule has 0 aliphatic carbocycles. The molecule has 1 fully saturated rings. The van der Waals surface area contributed by atoms with Gasteiger partial charge in [0.1, 0.15) is 5.69 Å². The van der Waals surface area contributed by atoms with E-state index in [1.165, 1.54) is 11.3 Å². The number of H-pyrrole nitrogens is 1. The molecular formula is C26H27N5O3S. The summed E-state index contributed by atoms with van der Waals surface area (Å²) in [6.45, 7) is 6.03. The molecule has 5 heterocycles. The molecule has 2 aliphatic rings. The van der Waals surface area contributed by atoms with Gasteiger partial charge in [-0.1, -0.05) is 18.2 Å². The first kappa shape index (κ1) is 22.2. The van der Waals surface area contributed by atoms with Gasteiger partial charge >= 0.3 is 0 Å². The molecule has 8 nitrogen and oxygen atoms in total. The standard InChI is InChI=1S/C26H27N5O3S/c1-26(2,34)14-30-10-7-15(8-11-30)31-19-6-4-3-5-16(19)22(29-31)21-20(24(32)28-25(21)33)17-13-27-18-9-12-35-23(17)18/h3-6,9,12-13,15,27,34H,7-8,10-11,14H2,1-2H3,(H,28,32,33). The van der Waals surface area contributed by atoms with Crippen molar-refractivity contribution in [2.75, 3.05) is 19.6 Å². The predicted octanol–water partition coefficient (Wildman–Crippen LogP) is 3.55. The number of amides is 2. The summed E-state index contributed by atoms with van der Waals surface area (Å²) in [5.41, 5.74) is 3.15. The molecule has 3 aromatic heterocycles. The van der Waals surface area contributed by atoms with Crippen molar-refractivity contribution in [1.29, 1.82) is 0 Å². The summed E-state index contributed by atoms with van der Waals surface area (Å²) in [6.07, 6.45) is 3.59. The number of imide groups is 1. The number of carbonyl (C=O) groups is 2. The number of fused-ring (bicyclic) bond motifs is 2. The highest BCUT2D eigenvalue weighted by molar-refractivity contribution is 7.17. The van der Waals surface area contributed by atoms with Crippen molar-refractivity contribution in [3.63, 3.8) is 0 Å². The fraction of sp³-hybridized carbons (Fsp3) is 0.346. The van der Waals surface area contributed by atoms with Crippen molar-refractivity contribution in [3.8, 4) is 0 Å². The number of nitrogens with zero attached hydrogens (tertiary/aromatic N) is 3. The normalized spacial score (nSPS) is 18.4. The third kappa shape index (κ3) is 3.80. The Labute approximate surface area is 206 Å². The molecule has 0 saturated carbocycles. The van der Waals surface area contributed by atoms with Crippen LogP contribution in [0.4, 0.5) is 0 Å². The lowest BCUT2D eigenvalue weighted by Gasteiger charge is -2.35. The third-order valence-corrected chi connectivity index (χ3v) is 7.79. The molecule has 0 spiro atoms. The predicted molar refractivity (Wildman–Crippen MR) is 137 cm³/mol. The molecule has 0 radical (unpaired) electrons. The number of para-hydroxylation sites is 1. The molecule has 0 unspecified atom stereocenters. The van der Waals surface area contributed by atoms with Crippen LogP contribution >= 0.6 is 11.3 Å². The second kappa shape index (κ2) is 8.15. The van der Waals surface area contributed by atoms with Crippen LogP contribution in [-0.4, -0.2) is 61.8 Å². The Morgan fingerprint density at radius 3 is 2.63 bits per heavy atom. The van der Waals surface area contributed by atoms with Crippen molar-refractivity contribution < 1.29 is 14.7 Å². The van der Waals surface area contributed by atoms with Crippen molar-refractivity contribution in [2.24, 2.45) is 0 Å². The van der Waals surface area contributed by atoms with Crippen LogP contribution in [0.1, 0.15) is 44.0 Å². The van der Waals surface area contributed by atoms with E-state index >= 15 is 0 Å². The fourth-order valence-corrected chi connectivity index (χ4v) is 6.27. The van der Waals surface area contributed by atoms with Crippen LogP contribution in [-0.2, 0) is 9.59 Å². The molecule has 2 amide bonds. The maximum absolute atomic E-state index is 13.1. The molecule has 180 valence electrons. The molecule has 1 saturated heterocycles. The van der Waals surface area contributed by atoms with Gasteiger partial charge in [-0.05, 0) is 44.2 Å². The number of rotatable bonds is 5. The molecule has 35 heavy (non-hydrogen) atoms. The van der Waals surface area contributed by atoms with Gasteiger partial charge in [0.25, 0.3) is 11.8 Å². The SMILES string of the molecule is CC(C)(O)CN1CCC(n2nc(C3=C(c4c[nH]c5ccsc45)C(=O)NC3=O)c3ccccc32)CC1. The van der Waals surface area contributed by atoms with E-state index in [1.54, 1.807) is 6.20 Å². The van der Waals surface area contributed by atoms with Gasteiger partial charge in [0.2, 0.25) is 0 Å². The van der Waals surface area contributed by atoms with Gasteiger partial charge in [0.05, 0.1) is 38.5 Å². The minimum atomic E-state index is -0.726. The number of thiophene rings is 1. The highest BCUT2D eigenvalue weighted by Crippen LogP contribution is 2.39. The van der Waals surface area contributed by atoms with Gasteiger partial charge in [0, 0.05) is 36.8 Å². The van der Waals surface area contributed by atoms with Crippen molar-refractivity contribution >= 4 is 55.4 Å². The van der Waals surface area contributed by atoms with Crippen LogP contribution in [0.25, 0.3) is 32.3 Å². The summed E-state index contributed by atoms with van der Waals surface area (Å²) in [5, 5.41) is 20.5. The largest absolute Gasteiger partial charge is 0.389 e. The summed E-state index contributed by atoms with van der Waals surface area (Å²) in [7, 11) is 0. The minimum absolute atomic E-state index is 0.173. The molecule has 0 bridgehead atoms. The zero-order valence-electron chi connectivity index (χ0n) is 19.7. The van der Waals surface area contributed by atoms with E-state index in [4.69, 9.17) is 5.10 Å². The summed E-state index contributed by atoms with van der Waals surface area (Å²) in [5.74, 6) is -0.802. The molecule has 3 N–H and O–H groups in total. The second-order valence-corrected chi connectivity index (χ2v) is 10.9. The van der Waals surface area contributed by atoms with E-state index in [9.17, 15) is 14.7 Å². The van der Waals surface area contributed by atoms with Gasteiger partial charge in [0.15, 0.2) is 0 Å². The first-order valence-corrected chi connectivity index (χ1v) is 12.8. The Morgan fingerprint density at radius 1 is 1.11 bits per heavy atom. The van der Waals surface area contributed by atoms with E-state index in [1.807, 2.05) is 54.2 Å². The Hall–Kier alpha value is -3.27. The lowest BCUT2D eigenvalue weighted by atomic mass is 9.99. The zero-order valence-corrected chi connectivity index (χ0v) is 20.5. The summed E-state index contributed by atoms with van der Waals surface area (Å²) >= 11 is 1.54. The van der Waals surface area contributed by atoms with E-state index in [0.29, 0.717) is 23.4 Å². The monoisotopic (exact) mass is 489 g/mol. The van der Waals surface area contributed by atoms with E-state index in [2.05, 4.69) is 15.2 Å². The average Bonchev–Trinajstić information content (AvgIpc) is 3.56. The van der Waals surface area contributed by atoms with Crippen molar-refractivity contribution in [2.45, 2.75) is 38.3 Å². The number of carbonyl (C=O) groups excluding carboxylic acids is 2. The first-order chi connectivity index (χ1) is 16.8. The number of piperidine rings is 1. The van der Waals surface area contributed by atoms with Crippen LogP contribution in [0.15, 0.2) is 41.9 Å². The molecule has 0 atom stereocenters. The minimum Gasteiger partial charge on any atom is -0.389 e. The van der Waals surface area contributed by atoms with Gasteiger partial charge in [-0.25, -0.2) is 0 Å². The molecular weight excluding hydrogens is 462 g/mol. The zero-order chi connectivity index (χ0) is 24.3. The number of hydrogen-bond donors (Lipinski definition) is 3. The van der Waals surface area contributed by atoms with Crippen LogP contribution < -0.4 is 5.32 Å². The van der Waals surface area contributed by atoms with Gasteiger partial charge in [-0.3, -0.25) is 19.6 Å². The number of hydrogen-bond acceptors (Lipinski definition) is 6. The van der Waals surface area contributed by atoms with Gasteiger partial charge in [-0.2, -0.15) is 5.10 Å². The summed E-state index contributed by atoms with van der Waals surface area (Å²) in [6, 6.07) is 10.0. The smallest absolute Gasteiger partial charge is 0.261 e. The second-order valence-electron chi connectivity index (χ2n) is 10.0. The number of likely N-dealkylation sites (tertiary alicyclic amines) is 1. The Balaban J connectivity index is 1.44. The maximum atomic E-state index is 13.1. The number of aromatic nitrogens is 3. The topological polar surface area (TPSA) is 103 Å². The summed E-state index contributed by atoms with van der Waals surface area (Å²) in [4.78, 5) is 31.5.